The van der Waals surface area contributed by atoms with Gasteiger partial charge in [0, 0.05) is 16.1 Å². The largest absolute Gasteiger partial charge is 0.465 e. The van der Waals surface area contributed by atoms with Crippen molar-refractivity contribution in [1.82, 2.24) is 4.90 Å². The molecule has 0 aliphatic heterocycles. The fourth-order valence-corrected chi connectivity index (χ4v) is 2.31. The number of amides is 1. The van der Waals surface area contributed by atoms with Crippen molar-refractivity contribution >= 4 is 35.1 Å². The maximum absolute atomic E-state index is 12.4. The van der Waals surface area contributed by atoms with E-state index in [0.717, 1.165) is 0 Å². The molecule has 0 aliphatic carbocycles. The molecule has 0 fully saturated rings. The maximum atomic E-state index is 12.4. The Hall–Kier alpha value is -1.26. The quantitative estimate of drug-likeness (QED) is 0.751. The highest BCUT2D eigenvalue weighted by Gasteiger charge is 2.21. The summed E-state index contributed by atoms with van der Waals surface area (Å²) in [6.45, 7) is 5.66. The SMILES string of the molecule is CCOC(=O)CN(C(=O)Cc1ccc(Cl)cc1Cl)C(C)C. The zero-order valence-corrected chi connectivity index (χ0v) is 13.9. The van der Waals surface area contributed by atoms with Crippen molar-refractivity contribution in [3.8, 4) is 0 Å². The molecular formula is C15H19Cl2NO3. The number of hydrogen-bond acceptors (Lipinski definition) is 3. The molecule has 0 aromatic heterocycles. The Morgan fingerprint density at radius 2 is 1.95 bits per heavy atom. The summed E-state index contributed by atoms with van der Waals surface area (Å²) in [7, 11) is 0. The van der Waals surface area contributed by atoms with Crippen LogP contribution in [0.2, 0.25) is 10.0 Å². The standard InChI is InChI=1S/C15H19Cl2NO3/c1-4-21-15(20)9-18(10(2)3)14(19)7-11-5-6-12(16)8-13(11)17/h5-6,8,10H,4,7,9H2,1-3H3. The molecule has 0 atom stereocenters. The Morgan fingerprint density at radius 1 is 1.29 bits per heavy atom. The summed E-state index contributed by atoms with van der Waals surface area (Å²) in [6, 6.07) is 4.89. The van der Waals surface area contributed by atoms with Crippen LogP contribution < -0.4 is 0 Å². The van der Waals surface area contributed by atoms with E-state index in [0.29, 0.717) is 22.2 Å². The topological polar surface area (TPSA) is 46.6 Å². The number of ether oxygens (including phenoxy) is 1. The fraction of sp³-hybridized carbons (Fsp3) is 0.467. The predicted octanol–water partition coefficient (Wildman–Crippen LogP) is 3.34. The summed E-state index contributed by atoms with van der Waals surface area (Å²) in [5, 5.41) is 0.958. The Bertz CT molecular complexity index is 518. The van der Waals surface area contributed by atoms with E-state index in [1.807, 2.05) is 13.8 Å². The van der Waals surface area contributed by atoms with E-state index < -0.39 is 5.97 Å². The number of carbonyl (C=O) groups excluding carboxylic acids is 2. The van der Waals surface area contributed by atoms with Crippen LogP contribution in [0.5, 0.6) is 0 Å². The van der Waals surface area contributed by atoms with Crippen LogP contribution in [0.25, 0.3) is 0 Å². The minimum absolute atomic E-state index is 0.0600. The minimum Gasteiger partial charge on any atom is -0.465 e. The van der Waals surface area contributed by atoms with Crippen LogP contribution in [0.1, 0.15) is 26.3 Å². The fourth-order valence-electron chi connectivity index (χ4n) is 1.83. The minimum atomic E-state index is -0.415. The van der Waals surface area contributed by atoms with Gasteiger partial charge in [0.2, 0.25) is 5.91 Å². The summed E-state index contributed by atoms with van der Waals surface area (Å²) < 4.78 is 4.89. The second-order valence-electron chi connectivity index (χ2n) is 4.83. The zero-order chi connectivity index (χ0) is 16.0. The van der Waals surface area contributed by atoms with Crippen LogP contribution in [0, 0.1) is 0 Å². The van der Waals surface area contributed by atoms with Crippen LogP contribution in [-0.2, 0) is 20.7 Å². The third-order valence-corrected chi connectivity index (χ3v) is 3.49. The summed E-state index contributed by atoms with van der Waals surface area (Å²) in [4.78, 5) is 25.4. The van der Waals surface area contributed by atoms with Crippen molar-refractivity contribution in [1.29, 1.82) is 0 Å². The molecule has 1 aromatic carbocycles. The van der Waals surface area contributed by atoms with Crippen molar-refractivity contribution in [3.05, 3.63) is 33.8 Å². The molecule has 0 heterocycles. The second kappa shape index (κ2) is 8.25. The van der Waals surface area contributed by atoms with Crippen LogP contribution in [0.4, 0.5) is 0 Å². The summed E-state index contributed by atoms with van der Waals surface area (Å²) in [5.74, 6) is -0.593. The normalized spacial score (nSPS) is 10.6. The van der Waals surface area contributed by atoms with Gasteiger partial charge in [0.05, 0.1) is 13.0 Å². The molecule has 0 radical (unpaired) electrons. The zero-order valence-electron chi connectivity index (χ0n) is 12.4. The summed E-state index contributed by atoms with van der Waals surface area (Å²) in [5.41, 5.74) is 0.681. The predicted molar refractivity (Wildman–Crippen MR) is 83.6 cm³/mol. The molecule has 1 rings (SSSR count). The molecule has 0 unspecified atom stereocenters. The number of hydrogen-bond donors (Lipinski definition) is 0. The first-order chi connectivity index (χ1) is 9.85. The van der Waals surface area contributed by atoms with Gasteiger partial charge >= 0.3 is 5.97 Å². The molecule has 0 saturated heterocycles. The van der Waals surface area contributed by atoms with Crippen molar-refractivity contribution in [2.24, 2.45) is 0 Å². The average molecular weight is 332 g/mol. The first kappa shape index (κ1) is 17.8. The van der Waals surface area contributed by atoms with Crippen molar-refractivity contribution in [2.45, 2.75) is 33.2 Å². The van der Waals surface area contributed by atoms with Gasteiger partial charge in [-0.1, -0.05) is 29.3 Å². The summed E-state index contributed by atoms with van der Waals surface area (Å²) >= 11 is 11.9. The van der Waals surface area contributed by atoms with Gasteiger partial charge in [0.25, 0.3) is 0 Å². The van der Waals surface area contributed by atoms with Gasteiger partial charge in [-0.15, -0.1) is 0 Å². The lowest BCUT2D eigenvalue weighted by Crippen LogP contribution is -2.42. The number of nitrogens with zero attached hydrogens (tertiary/aromatic N) is 1. The third-order valence-electron chi connectivity index (χ3n) is 2.91. The van der Waals surface area contributed by atoms with Crippen LogP contribution in [0.15, 0.2) is 18.2 Å². The van der Waals surface area contributed by atoms with Gasteiger partial charge in [-0.25, -0.2) is 0 Å². The summed E-state index contributed by atoms with van der Waals surface area (Å²) in [6.07, 6.45) is 0.119. The molecule has 0 N–H and O–H groups in total. The second-order valence-corrected chi connectivity index (χ2v) is 5.68. The first-order valence-electron chi connectivity index (χ1n) is 6.74. The van der Waals surface area contributed by atoms with Crippen molar-refractivity contribution < 1.29 is 14.3 Å². The maximum Gasteiger partial charge on any atom is 0.325 e. The lowest BCUT2D eigenvalue weighted by atomic mass is 10.1. The van der Waals surface area contributed by atoms with Gasteiger partial charge in [-0.3, -0.25) is 9.59 Å². The van der Waals surface area contributed by atoms with Gasteiger partial charge in [0.15, 0.2) is 0 Å². The Kier molecular flexibility index (Phi) is 6.99. The lowest BCUT2D eigenvalue weighted by Gasteiger charge is -2.26. The molecule has 6 heteroatoms. The van der Waals surface area contributed by atoms with Crippen molar-refractivity contribution in [3.63, 3.8) is 0 Å². The first-order valence-corrected chi connectivity index (χ1v) is 7.49. The molecule has 21 heavy (non-hydrogen) atoms. The number of carbonyl (C=O) groups is 2. The van der Waals surface area contributed by atoms with Crippen LogP contribution in [0.3, 0.4) is 0 Å². The van der Waals surface area contributed by atoms with E-state index in [1.54, 1.807) is 25.1 Å². The number of rotatable bonds is 6. The molecule has 0 saturated carbocycles. The number of benzene rings is 1. The highest BCUT2D eigenvalue weighted by atomic mass is 35.5. The van der Waals surface area contributed by atoms with Gasteiger partial charge in [-0.05, 0) is 38.5 Å². The van der Waals surface area contributed by atoms with E-state index in [2.05, 4.69) is 0 Å². The van der Waals surface area contributed by atoms with Crippen molar-refractivity contribution in [2.75, 3.05) is 13.2 Å². The van der Waals surface area contributed by atoms with E-state index in [4.69, 9.17) is 27.9 Å². The average Bonchev–Trinajstić information content (AvgIpc) is 2.39. The number of halogens is 2. The van der Waals surface area contributed by atoms with E-state index >= 15 is 0 Å². The number of esters is 1. The lowest BCUT2D eigenvalue weighted by molar-refractivity contribution is -0.149. The van der Waals surface area contributed by atoms with Crippen LogP contribution in [-0.4, -0.2) is 36.0 Å². The molecule has 0 bridgehead atoms. The van der Waals surface area contributed by atoms with Gasteiger partial charge < -0.3 is 9.64 Å². The van der Waals surface area contributed by atoms with Gasteiger partial charge in [0.1, 0.15) is 6.54 Å². The molecular weight excluding hydrogens is 313 g/mol. The van der Waals surface area contributed by atoms with Crippen LogP contribution >= 0.6 is 23.2 Å². The highest BCUT2D eigenvalue weighted by molar-refractivity contribution is 6.35. The molecule has 0 aliphatic rings. The molecule has 0 spiro atoms. The Labute approximate surface area is 135 Å². The molecule has 1 aromatic rings. The van der Waals surface area contributed by atoms with E-state index in [9.17, 15) is 9.59 Å². The Balaban J connectivity index is 2.79. The molecule has 4 nitrogen and oxygen atoms in total. The van der Waals surface area contributed by atoms with E-state index in [1.165, 1.54) is 4.90 Å². The third kappa shape index (κ3) is 5.56. The monoisotopic (exact) mass is 331 g/mol. The molecule has 116 valence electrons. The van der Waals surface area contributed by atoms with Gasteiger partial charge in [-0.2, -0.15) is 0 Å². The van der Waals surface area contributed by atoms with E-state index in [-0.39, 0.29) is 24.9 Å². The highest BCUT2D eigenvalue weighted by Crippen LogP contribution is 2.22. The Morgan fingerprint density at radius 3 is 2.48 bits per heavy atom. The smallest absolute Gasteiger partial charge is 0.325 e. The molecule has 1 amide bonds.